The van der Waals surface area contributed by atoms with Gasteiger partial charge in [0.15, 0.2) is 5.11 Å². The third-order valence-corrected chi connectivity index (χ3v) is 2.90. The first kappa shape index (κ1) is 11.7. The van der Waals surface area contributed by atoms with Gasteiger partial charge in [-0.25, -0.2) is 0 Å². The molecule has 0 aliphatic carbocycles. The number of rotatable bonds is 2. The number of para-hydroxylation sites is 2. The summed E-state index contributed by atoms with van der Waals surface area (Å²) in [4.78, 5) is 0. The number of nitrogens with zero attached hydrogens (tertiary/aromatic N) is 1. The molecule has 19 heavy (non-hydrogen) atoms. The molecule has 4 nitrogen and oxygen atoms in total. The second-order valence-electron chi connectivity index (χ2n) is 4.06. The molecule has 0 bridgehead atoms. The lowest BCUT2D eigenvalue weighted by molar-refractivity contribution is 0.668. The highest BCUT2D eigenvalue weighted by atomic mass is 32.1. The zero-order chi connectivity index (χ0) is 13.2. The molecule has 2 aromatic carbocycles. The molecule has 5 heteroatoms. The van der Waals surface area contributed by atoms with Gasteiger partial charge in [-0.2, -0.15) is 5.10 Å². The van der Waals surface area contributed by atoms with E-state index in [0.717, 1.165) is 27.5 Å². The van der Waals surface area contributed by atoms with Crippen molar-refractivity contribution in [1.29, 1.82) is 0 Å². The molecule has 0 unspecified atom stereocenters. The Hall–Kier alpha value is -2.40. The van der Waals surface area contributed by atoms with Gasteiger partial charge in [0.25, 0.3) is 0 Å². The fourth-order valence-electron chi connectivity index (χ4n) is 2.04. The van der Waals surface area contributed by atoms with Crippen molar-refractivity contribution in [2.75, 3.05) is 0 Å². The first-order valence-corrected chi connectivity index (χ1v) is 6.15. The average Bonchev–Trinajstić information content (AvgIpc) is 2.78. The van der Waals surface area contributed by atoms with Crippen LogP contribution >= 0.6 is 12.2 Å². The SMILES string of the molecule is NC(=S)N/N=C/c1cccc2c1oc1ccccc12. The van der Waals surface area contributed by atoms with Crippen LogP contribution in [0.25, 0.3) is 21.9 Å². The topological polar surface area (TPSA) is 63.5 Å². The zero-order valence-electron chi connectivity index (χ0n) is 9.96. The predicted molar refractivity (Wildman–Crippen MR) is 81.2 cm³/mol. The number of benzene rings is 2. The van der Waals surface area contributed by atoms with E-state index in [4.69, 9.17) is 10.2 Å². The molecule has 0 aliphatic heterocycles. The van der Waals surface area contributed by atoms with Gasteiger partial charge in [-0.1, -0.05) is 30.3 Å². The van der Waals surface area contributed by atoms with Crippen LogP contribution in [-0.2, 0) is 0 Å². The minimum Gasteiger partial charge on any atom is -0.455 e. The maximum atomic E-state index is 5.86. The number of furan rings is 1. The fraction of sp³-hybridized carbons (Fsp3) is 0. The summed E-state index contributed by atoms with van der Waals surface area (Å²) in [6.45, 7) is 0. The van der Waals surface area contributed by atoms with Gasteiger partial charge in [-0.15, -0.1) is 0 Å². The standard InChI is InChI=1S/C14H11N3OS/c15-14(19)17-16-8-9-4-3-6-11-10-5-1-2-7-12(10)18-13(9)11/h1-8H,(H3,15,17,19)/b16-8+. The van der Waals surface area contributed by atoms with Crippen molar-refractivity contribution in [1.82, 2.24) is 5.43 Å². The minimum atomic E-state index is 0.132. The Balaban J connectivity index is 2.15. The quantitative estimate of drug-likeness (QED) is 0.426. The van der Waals surface area contributed by atoms with Gasteiger partial charge in [0, 0.05) is 16.3 Å². The third-order valence-electron chi connectivity index (χ3n) is 2.81. The van der Waals surface area contributed by atoms with E-state index < -0.39 is 0 Å². The summed E-state index contributed by atoms with van der Waals surface area (Å²) >= 11 is 4.69. The van der Waals surface area contributed by atoms with E-state index in [2.05, 4.69) is 22.7 Å². The Bertz CT molecular complexity index is 792. The summed E-state index contributed by atoms with van der Waals surface area (Å²) in [5.41, 5.74) is 10.4. The van der Waals surface area contributed by atoms with Gasteiger partial charge in [0.1, 0.15) is 11.2 Å². The van der Waals surface area contributed by atoms with E-state index in [1.807, 2.05) is 42.5 Å². The van der Waals surface area contributed by atoms with E-state index in [1.165, 1.54) is 0 Å². The lowest BCUT2D eigenvalue weighted by Gasteiger charge is -1.96. The molecular weight excluding hydrogens is 258 g/mol. The second kappa shape index (κ2) is 4.70. The van der Waals surface area contributed by atoms with Crippen LogP contribution in [0, 0.1) is 0 Å². The molecule has 0 amide bonds. The Morgan fingerprint density at radius 2 is 1.95 bits per heavy atom. The molecule has 94 valence electrons. The third kappa shape index (κ3) is 2.15. The molecule has 0 saturated carbocycles. The first-order valence-electron chi connectivity index (χ1n) is 5.74. The van der Waals surface area contributed by atoms with Crippen molar-refractivity contribution in [3.05, 3.63) is 48.0 Å². The molecule has 3 N–H and O–H groups in total. The molecule has 0 spiro atoms. The van der Waals surface area contributed by atoms with Gasteiger partial charge in [-0.3, -0.25) is 5.43 Å². The molecule has 3 aromatic rings. The van der Waals surface area contributed by atoms with Crippen LogP contribution in [0.1, 0.15) is 5.56 Å². The zero-order valence-corrected chi connectivity index (χ0v) is 10.8. The highest BCUT2D eigenvalue weighted by molar-refractivity contribution is 7.80. The van der Waals surface area contributed by atoms with Crippen LogP contribution in [0.15, 0.2) is 52.0 Å². The molecule has 0 atom stereocenters. The monoisotopic (exact) mass is 269 g/mol. The molecule has 0 aliphatic rings. The number of nitrogens with two attached hydrogens (primary N) is 1. The lowest BCUT2D eigenvalue weighted by Crippen LogP contribution is -2.23. The summed E-state index contributed by atoms with van der Waals surface area (Å²) in [5, 5.41) is 6.25. The number of hydrogen-bond donors (Lipinski definition) is 2. The van der Waals surface area contributed by atoms with Crippen molar-refractivity contribution in [2.45, 2.75) is 0 Å². The Labute approximate surface area is 114 Å². The van der Waals surface area contributed by atoms with Crippen molar-refractivity contribution in [3.8, 4) is 0 Å². The van der Waals surface area contributed by atoms with Gasteiger partial charge in [-0.05, 0) is 24.4 Å². The van der Waals surface area contributed by atoms with Crippen LogP contribution in [0.5, 0.6) is 0 Å². The van der Waals surface area contributed by atoms with Crippen molar-refractivity contribution in [3.63, 3.8) is 0 Å². The van der Waals surface area contributed by atoms with Crippen molar-refractivity contribution >= 4 is 45.5 Å². The van der Waals surface area contributed by atoms with Crippen LogP contribution in [0.2, 0.25) is 0 Å². The summed E-state index contributed by atoms with van der Waals surface area (Å²) in [5.74, 6) is 0. The summed E-state index contributed by atoms with van der Waals surface area (Å²) in [6, 6.07) is 13.8. The van der Waals surface area contributed by atoms with Gasteiger partial charge in [0.2, 0.25) is 0 Å². The lowest BCUT2D eigenvalue weighted by atomic mass is 10.1. The maximum Gasteiger partial charge on any atom is 0.184 e. The largest absolute Gasteiger partial charge is 0.455 e. The number of fused-ring (bicyclic) bond motifs is 3. The van der Waals surface area contributed by atoms with E-state index >= 15 is 0 Å². The van der Waals surface area contributed by atoms with Crippen LogP contribution in [0.3, 0.4) is 0 Å². The minimum absolute atomic E-state index is 0.132. The number of nitrogens with one attached hydrogen (secondary N) is 1. The van der Waals surface area contributed by atoms with E-state index in [-0.39, 0.29) is 5.11 Å². The van der Waals surface area contributed by atoms with E-state index in [0.29, 0.717) is 0 Å². The maximum absolute atomic E-state index is 5.86. The highest BCUT2D eigenvalue weighted by Crippen LogP contribution is 2.29. The van der Waals surface area contributed by atoms with E-state index in [1.54, 1.807) is 6.21 Å². The number of hydrazone groups is 1. The van der Waals surface area contributed by atoms with Crippen LogP contribution in [0.4, 0.5) is 0 Å². The van der Waals surface area contributed by atoms with Gasteiger partial charge >= 0.3 is 0 Å². The highest BCUT2D eigenvalue weighted by Gasteiger charge is 2.08. The molecule has 1 heterocycles. The summed E-state index contributed by atoms with van der Waals surface area (Å²) < 4.78 is 5.86. The molecule has 0 saturated heterocycles. The van der Waals surface area contributed by atoms with E-state index in [9.17, 15) is 0 Å². The van der Waals surface area contributed by atoms with Crippen LogP contribution < -0.4 is 11.2 Å². The summed E-state index contributed by atoms with van der Waals surface area (Å²) in [6.07, 6.45) is 1.64. The first-order chi connectivity index (χ1) is 9.25. The van der Waals surface area contributed by atoms with Crippen LogP contribution in [-0.4, -0.2) is 11.3 Å². The average molecular weight is 269 g/mol. The molecule has 0 fully saturated rings. The predicted octanol–water partition coefficient (Wildman–Crippen LogP) is 2.75. The fourth-order valence-corrected chi connectivity index (χ4v) is 2.09. The van der Waals surface area contributed by atoms with Crippen molar-refractivity contribution in [2.24, 2.45) is 10.8 Å². The normalized spacial score (nSPS) is 11.4. The van der Waals surface area contributed by atoms with Gasteiger partial charge in [0.05, 0.1) is 6.21 Å². The van der Waals surface area contributed by atoms with Crippen molar-refractivity contribution < 1.29 is 4.42 Å². The Kier molecular flexibility index (Phi) is 2.89. The molecule has 3 rings (SSSR count). The molecule has 1 aromatic heterocycles. The number of thiocarbonyl (C=S) groups is 1. The Morgan fingerprint density at radius 3 is 2.79 bits per heavy atom. The Morgan fingerprint density at radius 1 is 1.16 bits per heavy atom. The number of hydrogen-bond acceptors (Lipinski definition) is 3. The molecular formula is C14H11N3OS. The second-order valence-corrected chi connectivity index (χ2v) is 4.50. The summed E-state index contributed by atoms with van der Waals surface area (Å²) in [7, 11) is 0. The molecule has 0 radical (unpaired) electrons. The van der Waals surface area contributed by atoms with Gasteiger partial charge < -0.3 is 10.2 Å². The smallest absolute Gasteiger partial charge is 0.184 e.